The fraction of sp³-hybridized carbons (Fsp3) is 0.545. The second kappa shape index (κ2) is 5.20. The summed E-state index contributed by atoms with van der Waals surface area (Å²) in [6.07, 6.45) is 3.05. The largest absolute Gasteiger partial charge is 0.375 e. The van der Waals surface area contributed by atoms with Crippen LogP contribution >= 0.6 is 0 Å². The van der Waals surface area contributed by atoms with Crippen molar-refractivity contribution in [2.75, 3.05) is 18.5 Å². The summed E-state index contributed by atoms with van der Waals surface area (Å²) in [4.78, 5) is 20.0. The molecule has 6 nitrogen and oxygen atoms in total. The van der Waals surface area contributed by atoms with E-state index in [-0.39, 0.29) is 18.1 Å². The van der Waals surface area contributed by atoms with Gasteiger partial charge in [0.15, 0.2) is 0 Å². The molecule has 2 atom stereocenters. The average molecular weight is 236 g/mol. The summed E-state index contributed by atoms with van der Waals surface area (Å²) < 4.78 is 5.41. The Balaban J connectivity index is 1.98. The van der Waals surface area contributed by atoms with Crippen LogP contribution in [0, 0.1) is 6.92 Å². The molecule has 92 valence electrons. The van der Waals surface area contributed by atoms with Crippen LogP contribution in [0.1, 0.15) is 12.7 Å². The molecule has 6 heteroatoms. The van der Waals surface area contributed by atoms with Crippen LogP contribution in [0.15, 0.2) is 12.4 Å². The van der Waals surface area contributed by atoms with Gasteiger partial charge in [-0.3, -0.25) is 4.79 Å². The smallest absolute Gasteiger partial charge is 0.244 e. The van der Waals surface area contributed by atoms with Crippen molar-refractivity contribution >= 4 is 11.6 Å². The predicted octanol–water partition coefficient (Wildman–Crippen LogP) is 0.100. The van der Waals surface area contributed by atoms with Gasteiger partial charge in [0.25, 0.3) is 0 Å². The summed E-state index contributed by atoms with van der Waals surface area (Å²) in [7, 11) is 0. The molecule has 1 aromatic rings. The lowest BCUT2D eigenvalue weighted by Crippen LogP contribution is -2.53. The number of rotatable bonds is 2. The third-order valence-corrected chi connectivity index (χ3v) is 2.65. The first-order chi connectivity index (χ1) is 8.16. The second-order valence-corrected chi connectivity index (χ2v) is 4.02. The average Bonchev–Trinajstić information content (AvgIpc) is 2.32. The fourth-order valence-electron chi connectivity index (χ4n) is 1.70. The predicted molar refractivity (Wildman–Crippen MR) is 62.6 cm³/mol. The van der Waals surface area contributed by atoms with Gasteiger partial charge in [-0.25, -0.2) is 9.97 Å². The molecular formula is C11H16N4O2. The van der Waals surface area contributed by atoms with E-state index in [0.717, 1.165) is 0 Å². The van der Waals surface area contributed by atoms with Crippen LogP contribution in [0.25, 0.3) is 0 Å². The summed E-state index contributed by atoms with van der Waals surface area (Å²) >= 11 is 0. The van der Waals surface area contributed by atoms with E-state index in [1.807, 2.05) is 6.92 Å². The number of morpholine rings is 1. The number of hydrogen-bond acceptors (Lipinski definition) is 5. The highest BCUT2D eigenvalue weighted by atomic mass is 16.5. The van der Waals surface area contributed by atoms with Crippen LogP contribution in [-0.4, -0.2) is 41.2 Å². The summed E-state index contributed by atoms with van der Waals surface area (Å²) in [5, 5.41) is 5.89. The number of ether oxygens (including phenoxy) is 1. The Morgan fingerprint density at radius 3 is 2.88 bits per heavy atom. The van der Waals surface area contributed by atoms with Crippen molar-refractivity contribution in [1.82, 2.24) is 15.3 Å². The Morgan fingerprint density at radius 2 is 2.24 bits per heavy atom. The van der Waals surface area contributed by atoms with E-state index in [4.69, 9.17) is 4.74 Å². The van der Waals surface area contributed by atoms with Crippen LogP contribution < -0.4 is 10.6 Å². The van der Waals surface area contributed by atoms with E-state index >= 15 is 0 Å². The number of hydrogen-bond donors (Lipinski definition) is 2. The summed E-state index contributed by atoms with van der Waals surface area (Å²) in [5.74, 6) is 0.556. The molecule has 1 aliphatic heterocycles. The Bertz CT molecular complexity index is 393. The molecule has 0 spiro atoms. The number of amides is 1. The number of carbonyl (C=O) groups is 1. The molecule has 0 aliphatic carbocycles. The highest BCUT2D eigenvalue weighted by Crippen LogP contribution is 2.08. The maximum atomic E-state index is 12.0. The molecule has 0 radical (unpaired) electrons. The van der Waals surface area contributed by atoms with Gasteiger partial charge < -0.3 is 15.4 Å². The van der Waals surface area contributed by atoms with Gasteiger partial charge >= 0.3 is 0 Å². The molecule has 1 aliphatic rings. The van der Waals surface area contributed by atoms with Crippen LogP contribution in [0.3, 0.4) is 0 Å². The highest BCUT2D eigenvalue weighted by molar-refractivity contribution is 5.95. The minimum Gasteiger partial charge on any atom is -0.375 e. The number of aryl methyl sites for hydroxylation is 1. The Hall–Kier alpha value is -1.53. The highest BCUT2D eigenvalue weighted by Gasteiger charge is 2.28. The van der Waals surface area contributed by atoms with E-state index in [1.165, 1.54) is 0 Å². The molecule has 2 rings (SSSR count). The zero-order valence-electron chi connectivity index (χ0n) is 9.93. The number of nitrogens with one attached hydrogen (secondary N) is 2. The van der Waals surface area contributed by atoms with Gasteiger partial charge in [-0.15, -0.1) is 0 Å². The molecule has 0 bridgehead atoms. The normalized spacial score (nSPS) is 24.4. The lowest BCUT2D eigenvalue weighted by Gasteiger charge is -2.29. The molecule has 0 unspecified atom stereocenters. The first kappa shape index (κ1) is 11.9. The van der Waals surface area contributed by atoms with Gasteiger partial charge in [0.05, 0.1) is 30.8 Å². The monoisotopic (exact) mass is 236 g/mol. The van der Waals surface area contributed by atoms with Gasteiger partial charge in [0.2, 0.25) is 5.91 Å². The lowest BCUT2D eigenvalue weighted by molar-refractivity contribution is -0.123. The van der Waals surface area contributed by atoms with Crippen molar-refractivity contribution in [3.8, 4) is 0 Å². The molecule has 0 saturated carbocycles. The molecule has 1 aromatic heterocycles. The molecule has 2 heterocycles. The Labute approximate surface area is 99.8 Å². The fourth-order valence-corrected chi connectivity index (χ4v) is 1.70. The molecule has 17 heavy (non-hydrogen) atoms. The molecule has 2 N–H and O–H groups in total. The molecular weight excluding hydrogens is 220 g/mol. The van der Waals surface area contributed by atoms with Crippen molar-refractivity contribution in [2.45, 2.75) is 26.0 Å². The van der Waals surface area contributed by atoms with E-state index in [2.05, 4.69) is 20.6 Å². The standard InChI is InChI=1S/C11H16N4O2/c1-7-10(12-3-4-17-7)11(16)15-9-5-13-8(2)14-6-9/h5-7,10,12H,3-4H2,1-2H3,(H,15,16)/t7-,10+/m1/s1. The summed E-state index contributed by atoms with van der Waals surface area (Å²) in [6, 6.07) is -0.329. The van der Waals surface area contributed by atoms with Gasteiger partial charge in [0.1, 0.15) is 11.9 Å². The SMILES string of the molecule is Cc1ncc(NC(=O)[C@H]2NCCO[C@@H]2C)cn1. The summed E-state index contributed by atoms with van der Waals surface area (Å²) in [6.45, 7) is 5.00. The second-order valence-electron chi connectivity index (χ2n) is 4.02. The Kier molecular flexibility index (Phi) is 3.65. The van der Waals surface area contributed by atoms with E-state index in [1.54, 1.807) is 19.3 Å². The first-order valence-corrected chi connectivity index (χ1v) is 5.61. The van der Waals surface area contributed by atoms with Gasteiger partial charge in [-0.2, -0.15) is 0 Å². The minimum absolute atomic E-state index is 0.121. The summed E-state index contributed by atoms with van der Waals surface area (Å²) in [5.41, 5.74) is 0.597. The van der Waals surface area contributed by atoms with Gasteiger partial charge in [-0.05, 0) is 13.8 Å². The van der Waals surface area contributed by atoms with Gasteiger partial charge in [0, 0.05) is 6.54 Å². The van der Waals surface area contributed by atoms with Crippen molar-refractivity contribution in [1.29, 1.82) is 0 Å². The van der Waals surface area contributed by atoms with Crippen LogP contribution in [-0.2, 0) is 9.53 Å². The van der Waals surface area contributed by atoms with E-state index < -0.39 is 0 Å². The molecule has 1 fully saturated rings. The minimum atomic E-state index is -0.329. The Morgan fingerprint density at radius 1 is 1.53 bits per heavy atom. The van der Waals surface area contributed by atoms with Crippen LogP contribution in [0.2, 0.25) is 0 Å². The zero-order valence-corrected chi connectivity index (χ0v) is 9.93. The van der Waals surface area contributed by atoms with Crippen LogP contribution in [0.5, 0.6) is 0 Å². The molecule has 0 aromatic carbocycles. The van der Waals surface area contributed by atoms with Crippen molar-refractivity contribution in [3.63, 3.8) is 0 Å². The van der Waals surface area contributed by atoms with Crippen molar-refractivity contribution < 1.29 is 9.53 Å². The number of anilines is 1. The molecule has 1 saturated heterocycles. The maximum absolute atomic E-state index is 12.0. The maximum Gasteiger partial charge on any atom is 0.244 e. The number of carbonyl (C=O) groups excluding carboxylic acids is 1. The third-order valence-electron chi connectivity index (χ3n) is 2.65. The first-order valence-electron chi connectivity index (χ1n) is 5.61. The zero-order chi connectivity index (χ0) is 12.3. The third kappa shape index (κ3) is 2.98. The van der Waals surface area contributed by atoms with Gasteiger partial charge in [-0.1, -0.05) is 0 Å². The van der Waals surface area contributed by atoms with Crippen LogP contribution in [0.4, 0.5) is 5.69 Å². The number of aromatic nitrogens is 2. The van der Waals surface area contributed by atoms with Crippen molar-refractivity contribution in [2.24, 2.45) is 0 Å². The van der Waals surface area contributed by atoms with E-state index in [9.17, 15) is 4.79 Å². The number of nitrogens with zero attached hydrogens (tertiary/aromatic N) is 2. The van der Waals surface area contributed by atoms with E-state index in [0.29, 0.717) is 24.7 Å². The van der Waals surface area contributed by atoms with Crippen molar-refractivity contribution in [3.05, 3.63) is 18.2 Å². The topological polar surface area (TPSA) is 76.1 Å². The quantitative estimate of drug-likeness (QED) is 0.761. The molecule has 1 amide bonds. The lowest BCUT2D eigenvalue weighted by atomic mass is 10.1.